The molecule has 0 aliphatic carbocycles. The van der Waals surface area contributed by atoms with Crippen molar-refractivity contribution < 1.29 is 25.2 Å². The fraction of sp³-hybridized carbons (Fsp3) is 0.904. The number of aliphatic hydroxyl groups excluding tert-OH is 4. The van der Waals surface area contributed by atoms with E-state index in [9.17, 15) is 25.2 Å². The SMILES string of the molecule is CCCCCCCCCCC/C=C\C/C=C\CCCCCCCCCCCCCCCCCCC(O)C(=O)NC(CO)C(O)C(O)CCC/C=C/CCCCCCCCCCCCCCCCCCCCCCCCCCCC. The number of aliphatic hydroxyl groups is 4. The highest BCUT2D eigenvalue weighted by atomic mass is 16.3. The van der Waals surface area contributed by atoms with Gasteiger partial charge in [-0.1, -0.05) is 359 Å². The molecule has 0 bridgehead atoms. The zero-order valence-corrected chi connectivity index (χ0v) is 53.4. The van der Waals surface area contributed by atoms with E-state index in [2.05, 4.69) is 55.6 Å². The minimum Gasteiger partial charge on any atom is -0.394 e. The smallest absolute Gasteiger partial charge is 0.249 e. The first-order chi connectivity index (χ1) is 39.0. The van der Waals surface area contributed by atoms with Crippen molar-refractivity contribution in [2.45, 2.75) is 417 Å². The number of unbranched alkanes of at least 4 members (excludes halogenated alkanes) is 52. The fourth-order valence-corrected chi connectivity index (χ4v) is 11.5. The summed E-state index contributed by atoms with van der Waals surface area (Å²) in [7, 11) is 0. The topological polar surface area (TPSA) is 110 Å². The van der Waals surface area contributed by atoms with E-state index in [0.29, 0.717) is 12.8 Å². The normalized spacial score (nSPS) is 13.6. The minimum atomic E-state index is -1.28. The van der Waals surface area contributed by atoms with Gasteiger partial charge in [-0.2, -0.15) is 0 Å². The van der Waals surface area contributed by atoms with Crippen LogP contribution in [0.25, 0.3) is 0 Å². The summed E-state index contributed by atoms with van der Waals surface area (Å²) < 4.78 is 0. The fourth-order valence-electron chi connectivity index (χ4n) is 11.5. The van der Waals surface area contributed by atoms with Crippen LogP contribution in [0.1, 0.15) is 393 Å². The number of hydrogen-bond acceptors (Lipinski definition) is 5. The molecular weight excluding hydrogens is 971 g/mol. The Morgan fingerprint density at radius 2 is 0.557 bits per heavy atom. The first-order valence-electron chi connectivity index (χ1n) is 35.9. The molecule has 0 radical (unpaired) electrons. The number of carbonyl (C=O) groups excluding carboxylic acids is 1. The number of carbonyl (C=O) groups is 1. The molecule has 4 unspecified atom stereocenters. The van der Waals surface area contributed by atoms with Gasteiger partial charge in [0.05, 0.1) is 18.8 Å². The van der Waals surface area contributed by atoms with Crippen LogP contribution in [0, 0.1) is 0 Å². The lowest BCUT2D eigenvalue weighted by atomic mass is 10.00. The number of hydrogen-bond donors (Lipinski definition) is 5. The Morgan fingerprint density at radius 1 is 0.316 bits per heavy atom. The summed E-state index contributed by atoms with van der Waals surface area (Å²) in [6.45, 7) is 4.10. The number of allylic oxidation sites excluding steroid dienone is 6. The quantitative estimate of drug-likeness (QED) is 0.0308. The van der Waals surface area contributed by atoms with Crippen molar-refractivity contribution in [3.63, 3.8) is 0 Å². The van der Waals surface area contributed by atoms with Gasteiger partial charge < -0.3 is 25.7 Å². The van der Waals surface area contributed by atoms with E-state index in [0.717, 1.165) is 44.9 Å². The van der Waals surface area contributed by atoms with E-state index in [1.54, 1.807) is 0 Å². The molecule has 0 heterocycles. The Morgan fingerprint density at radius 3 is 0.835 bits per heavy atom. The van der Waals surface area contributed by atoms with E-state index in [1.165, 1.54) is 321 Å². The number of nitrogens with one attached hydrogen (secondary N) is 1. The second kappa shape index (κ2) is 67.3. The standard InChI is InChI=1S/C73H141NO5/c1-3-5-7-9-11-13-15-17-19-21-23-25-27-29-31-33-35-37-39-41-43-45-47-49-51-53-55-57-59-61-63-65-67-71(77)73(79)74-69(68-75)72(78)70(76)66-64-62-60-58-56-54-52-50-48-46-44-42-40-38-36-34-32-30-28-26-24-22-20-18-16-14-12-10-8-6-4-2/h23,25,29,31,58,60,69-72,75-78H,3-22,24,26-28,30,32-57,59,61-68H2,1-2H3,(H,74,79)/b25-23-,31-29-,60-58+. The molecule has 6 heteroatoms. The molecule has 0 aliphatic heterocycles. The monoisotopic (exact) mass is 1110 g/mol. The van der Waals surface area contributed by atoms with Gasteiger partial charge in [0, 0.05) is 0 Å². The molecular formula is C73H141NO5. The lowest BCUT2D eigenvalue weighted by Gasteiger charge is -2.27. The molecule has 0 aromatic carbocycles. The zero-order chi connectivity index (χ0) is 57.3. The number of amides is 1. The molecule has 0 aliphatic rings. The second-order valence-electron chi connectivity index (χ2n) is 24.9. The molecule has 0 rings (SSSR count). The van der Waals surface area contributed by atoms with Crippen molar-refractivity contribution in [1.82, 2.24) is 5.32 Å². The van der Waals surface area contributed by atoms with Crippen LogP contribution >= 0.6 is 0 Å². The highest BCUT2D eigenvalue weighted by Gasteiger charge is 2.28. The van der Waals surface area contributed by atoms with Crippen molar-refractivity contribution in [3.05, 3.63) is 36.5 Å². The Labute approximate surface area is 494 Å². The van der Waals surface area contributed by atoms with Gasteiger partial charge >= 0.3 is 0 Å². The van der Waals surface area contributed by atoms with Crippen LogP contribution in [0.15, 0.2) is 36.5 Å². The Hall–Kier alpha value is -1.47. The van der Waals surface area contributed by atoms with Crippen LogP contribution in [0.5, 0.6) is 0 Å². The van der Waals surface area contributed by atoms with Gasteiger partial charge in [0.1, 0.15) is 12.2 Å². The molecule has 0 fully saturated rings. The van der Waals surface area contributed by atoms with Crippen LogP contribution in [0.2, 0.25) is 0 Å². The summed E-state index contributed by atoms with van der Waals surface area (Å²) in [6, 6.07) is -1.00. The van der Waals surface area contributed by atoms with E-state index in [1.807, 2.05) is 0 Å². The van der Waals surface area contributed by atoms with E-state index < -0.39 is 36.9 Å². The second-order valence-corrected chi connectivity index (χ2v) is 24.9. The largest absolute Gasteiger partial charge is 0.394 e. The van der Waals surface area contributed by atoms with Gasteiger partial charge in [-0.25, -0.2) is 0 Å². The summed E-state index contributed by atoms with van der Waals surface area (Å²) >= 11 is 0. The first kappa shape index (κ1) is 77.5. The Bertz CT molecular complexity index is 1250. The average molecular weight is 1110 g/mol. The summed E-state index contributed by atoms with van der Waals surface area (Å²) in [6.07, 6.45) is 87.1. The third-order valence-electron chi connectivity index (χ3n) is 17.1. The molecule has 1 amide bonds. The molecule has 79 heavy (non-hydrogen) atoms. The first-order valence-corrected chi connectivity index (χ1v) is 35.9. The lowest BCUT2D eigenvalue weighted by Crippen LogP contribution is -2.53. The van der Waals surface area contributed by atoms with E-state index >= 15 is 0 Å². The molecule has 0 saturated heterocycles. The summed E-state index contributed by atoms with van der Waals surface area (Å²) in [5.41, 5.74) is 0. The predicted molar refractivity (Wildman–Crippen MR) is 348 cm³/mol. The van der Waals surface area contributed by atoms with Gasteiger partial charge in [0.15, 0.2) is 0 Å². The van der Waals surface area contributed by atoms with E-state index in [-0.39, 0.29) is 0 Å². The average Bonchev–Trinajstić information content (AvgIpc) is 3.45. The highest BCUT2D eigenvalue weighted by Crippen LogP contribution is 2.19. The van der Waals surface area contributed by atoms with Gasteiger partial charge in [-0.05, 0) is 70.6 Å². The molecule has 0 spiro atoms. The molecule has 4 atom stereocenters. The summed E-state index contributed by atoms with van der Waals surface area (Å²) in [5.74, 6) is -0.587. The number of rotatable bonds is 67. The highest BCUT2D eigenvalue weighted by molar-refractivity contribution is 5.80. The maximum atomic E-state index is 12.7. The van der Waals surface area contributed by atoms with Gasteiger partial charge in [-0.3, -0.25) is 4.79 Å². The van der Waals surface area contributed by atoms with Gasteiger partial charge in [0.2, 0.25) is 5.91 Å². The maximum absolute atomic E-state index is 12.7. The molecule has 0 aromatic heterocycles. The molecule has 0 saturated carbocycles. The van der Waals surface area contributed by atoms with Crippen molar-refractivity contribution >= 4 is 5.91 Å². The zero-order valence-electron chi connectivity index (χ0n) is 53.4. The molecule has 5 N–H and O–H groups in total. The van der Waals surface area contributed by atoms with Crippen LogP contribution < -0.4 is 5.32 Å². The third-order valence-corrected chi connectivity index (χ3v) is 17.1. The molecule has 6 nitrogen and oxygen atoms in total. The Balaban J connectivity index is 3.56. The van der Waals surface area contributed by atoms with Crippen molar-refractivity contribution in [2.24, 2.45) is 0 Å². The van der Waals surface area contributed by atoms with Gasteiger partial charge in [0.25, 0.3) is 0 Å². The van der Waals surface area contributed by atoms with Crippen LogP contribution in [-0.2, 0) is 4.79 Å². The predicted octanol–water partition coefficient (Wildman–Crippen LogP) is 22.3. The van der Waals surface area contributed by atoms with Crippen LogP contribution in [0.4, 0.5) is 0 Å². The van der Waals surface area contributed by atoms with Gasteiger partial charge in [-0.15, -0.1) is 0 Å². The van der Waals surface area contributed by atoms with Crippen LogP contribution in [0.3, 0.4) is 0 Å². The van der Waals surface area contributed by atoms with Crippen molar-refractivity contribution in [3.8, 4) is 0 Å². The summed E-state index contributed by atoms with van der Waals surface area (Å²) in [4.78, 5) is 12.7. The van der Waals surface area contributed by atoms with E-state index in [4.69, 9.17) is 0 Å². The Kier molecular flexibility index (Phi) is 66.1. The summed E-state index contributed by atoms with van der Waals surface area (Å²) in [5, 5.41) is 44.2. The van der Waals surface area contributed by atoms with Crippen molar-refractivity contribution in [1.29, 1.82) is 0 Å². The van der Waals surface area contributed by atoms with Crippen LogP contribution in [-0.4, -0.2) is 57.3 Å². The molecule has 468 valence electrons. The third kappa shape index (κ3) is 60.9. The lowest BCUT2D eigenvalue weighted by molar-refractivity contribution is -0.132. The van der Waals surface area contributed by atoms with Crippen molar-refractivity contribution in [2.75, 3.05) is 6.61 Å². The minimum absolute atomic E-state index is 0.365. The molecule has 0 aromatic rings. The maximum Gasteiger partial charge on any atom is 0.249 e.